The molecule has 31 heavy (non-hydrogen) atoms. The Labute approximate surface area is 180 Å². The number of aliphatic hydroxyl groups is 1. The van der Waals surface area contributed by atoms with E-state index in [0.717, 1.165) is 5.56 Å². The minimum absolute atomic E-state index is 0.0386. The Kier molecular flexibility index (Phi) is 7.34. The highest BCUT2D eigenvalue weighted by Crippen LogP contribution is 2.29. The molecule has 0 spiro atoms. The lowest BCUT2D eigenvalue weighted by Crippen LogP contribution is -2.49. The molecule has 1 aromatic heterocycles. The normalized spacial score (nSPS) is 15.1. The van der Waals surface area contributed by atoms with E-state index in [4.69, 9.17) is 9.84 Å². The van der Waals surface area contributed by atoms with E-state index >= 15 is 0 Å². The monoisotopic (exact) mass is 423 g/mol. The highest BCUT2D eigenvalue weighted by Gasteiger charge is 2.31. The summed E-state index contributed by atoms with van der Waals surface area (Å²) < 4.78 is 5.70. The number of anilines is 1. The van der Waals surface area contributed by atoms with Gasteiger partial charge in [0.25, 0.3) is 11.8 Å². The number of aromatic amines is 1. The fraction of sp³-hybridized carbons (Fsp3) is 0.273. The summed E-state index contributed by atoms with van der Waals surface area (Å²) in [4.78, 5) is 29.6. The van der Waals surface area contributed by atoms with Gasteiger partial charge in [-0.1, -0.05) is 42.5 Å². The van der Waals surface area contributed by atoms with E-state index in [1.54, 1.807) is 26.1 Å². The second kappa shape index (κ2) is 10.4. The number of hydrogen-bond acceptors (Lipinski definition) is 6. The standard InChI is InChI=1S/C20H19N5O3.C2H6O/c1-25-15-9-5-6-10-16(15)28-12-14(20(25)27)21-19(26)18-22-17(23-24-18)11-13-7-3-2-4-8-13;1-2-3/h2-10,14H,11-12H2,1H3,(H,21,26)(H,22,23,24);3H,2H2,1H3. The van der Waals surface area contributed by atoms with Crippen LogP contribution in [0.15, 0.2) is 54.6 Å². The SMILES string of the molecule is CCO.CN1C(=O)C(NC(=O)c2nnc(Cc3ccccc3)[nH]2)COc2ccccc21. The zero-order chi connectivity index (χ0) is 22.2. The second-order valence-corrected chi connectivity index (χ2v) is 6.80. The molecule has 0 fully saturated rings. The highest BCUT2D eigenvalue weighted by atomic mass is 16.5. The molecule has 9 heteroatoms. The van der Waals surface area contributed by atoms with Crippen LogP contribution in [0.2, 0.25) is 0 Å². The van der Waals surface area contributed by atoms with Gasteiger partial charge in [0.1, 0.15) is 24.2 Å². The average molecular weight is 423 g/mol. The first kappa shape index (κ1) is 22.0. The summed E-state index contributed by atoms with van der Waals surface area (Å²) in [6, 6.07) is 16.2. The zero-order valence-corrected chi connectivity index (χ0v) is 17.4. The lowest BCUT2D eigenvalue weighted by Gasteiger charge is -2.19. The molecule has 162 valence electrons. The summed E-state index contributed by atoms with van der Waals surface area (Å²) in [6.45, 7) is 1.97. The molecule has 9 nitrogen and oxygen atoms in total. The molecule has 2 heterocycles. The van der Waals surface area contributed by atoms with Crippen LogP contribution in [0.1, 0.15) is 28.9 Å². The molecule has 0 bridgehead atoms. The molecule has 0 saturated heterocycles. The van der Waals surface area contributed by atoms with Crippen LogP contribution < -0.4 is 15.0 Å². The second-order valence-electron chi connectivity index (χ2n) is 6.80. The number of amides is 2. The number of aromatic nitrogens is 3. The maximum Gasteiger partial charge on any atom is 0.289 e. The van der Waals surface area contributed by atoms with Crippen molar-refractivity contribution in [3.63, 3.8) is 0 Å². The number of carbonyl (C=O) groups is 2. The van der Waals surface area contributed by atoms with Crippen LogP contribution >= 0.6 is 0 Å². The number of para-hydroxylation sites is 2. The fourth-order valence-corrected chi connectivity index (χ4v) is 3.05. The first-order valence-corrected chi connectivity index (χ1v) is 9.90. The predicted octanol–water partition coefficient (Wildman–Crippen LogP) is 1.55. The molecule has 3 aromatic rings. The molecule has 0 saturated carbocycles. The Morgan fingerprint density at radius 3 is 2.61 bits per heavy atom. The fourth-order valence-electron chi connectivity index (χ4n) is 3.05. The van der Waals surface area contributed by atoms with Gasteiger partial charge in [-0.15, -0.1) is 10.2 Å². The van der Waals surface area contributed by atoms with Gasteiger partial charge in [-0.3, -0.25) is 9.59 Å². The molecular formula is C22H25N5O4. The molecule has 1 aliphatic rings. The number of fused-ring (bicyclic) bond motifs is 1. The van der Waals surface area contributed by atoms with Crippen molar-refractivity contribution >= 4 is 17.5 Å². The summed E-state index contributed by atoms with van der Waals surface area (Å²) in [5.41, 5.74) is 1.71. The molecule has 1 unspecified atom stereocenters. The van der Waals surface area contributed by atoms with Crippen molar-refractivity contribution < 1.29 is 19.4 Å². The lowest BCUT2D eigenvalue weighted by atomic mass is 10.1. The Morgan fingerprint density at radius 1 is 1.19 bits per heavy atom. The van der Waals surface area contributed by atoms with Crippen LogP contribution in [-0.4, -0.2) is 58.4 Å². The largest absolute Gasteiger partial charge is 0.489 e. The van der Waals surface area contributed by atoms with Gasteiger partial charge in [0.2, 0.25) is 5.82 Å². The molecule has 0 radical (unpaired) electrons. The molecular weight excluding hydrogens is 398 g/mol. The first-order chi connectivity index (χ1) is 15.0. The van der Waals surface area contributed by atoms with E-state index in [9.17, 15) is 9.59 Å². The number of benzene rings is 2. The lowest BCUT2D eigenvalue weighted by molar-refractivity contribution is -0.120. The number of aliphatic hydroxyl groups excluding tert-OH is 1. The van der Waals surface area contributed by atoms with Gasteiger partial charge < -0.3 is 25.0 Å². The molecule has 2 amide bonds. The highest BCUT2D eigenvalue weighted by molar-refractivity contribution is 6.02. The Balaban J connectivity index is 0.000000858. The number of ether oxygens (including phenoxy) is 1. The summed E-state index contributed by atoms with van der Waals surface area (Å²) >= 11 is 0. The number of hydrogen-bond donors (Lipinski definition) is 3. The topological polar surface area (TPSA) is 120 Å². The third-order valence-electron chi connectivity index (χ3n) is 4.53. The van der Waals surface area contributed by atoms with Crippen LogP contribution in [-0.2, 0) is 11.2 Å². The summed E-state index contributed by atoms with van der Waals surface area (Å²) in [6.07, 6.45) is 0.532. The van der Waals surface area contributed by atoms with Crippen LogP contribution in [0.5, 0.6) is 5.75 Å². The van der Waals surface area contributed by atoms with Crippen molar-refractivity contribution in [3.05, 3.63) is 71.8 Å². The number of rotatable bonds is 4. The van der Waals surface area contributed by atoms with E-state index in [-0.39, 0.29) is 24.9 Å². The average Bonchev–Trinajstić information content (AvgIpc) is 3.21. The van der Waals surface area contributed by atoms with E-state index in [1.807, 2.05) is 42.5 Å². The van der Waals surface area contributed by atoms with Gasteiger partial charge in [0.15, 0.2) is 0 Å². The third kappa shape index (κ3) is 5.46. The number of nitrogens with zero attached hydrogens (tertiary/aromatic N) is 3. The number of likely N-dealkylation sites (N-methyl/N-ethyl adjacent to an activating group) is 1. The van der Waals surface area contributed by atoms with Gasteiger partial charge >= 0.3 is 0 Å². The first-order valence-electron chi connectivity index (χ1n) is 9.90. The molecule has 3 N–H and O–H groups in total. The maximum atomic E-state index is 12.7. The van der Waals surface area contributed by atoms with Gasteiger partial charge in [0, 0.05) is 20.1 Å². The van der Waals surface area contributed by atoms with Crippen molar-refractivity contribution in [2.45, 2.75) is 19.4 Å². The van der Waals surface area contributed by atoms with Crippen molar-refractivity contribution in [1.82, 2.24) is 20.5 Å². The van der Waals surface area contributed by atoms with Crippen LogP contribution in [0.25, 0.3) is 0 Å². The van der Waals surface area contributed by atoms with E-state index < -0.39 is 11.9 Å². The van der Waals surface area contributed by atoms with E-state index in [2.05, 4.69) is 20.5 Å². The van der Waals surface area contributed by atoms with Gasteiger partial charge in [-0.2, -0.15) is 0 Å². The van der Waals surface area contributed by atoms with E-state index in [1.165, 1.54) is 4.90 Å². The van der Waals surface area contributed by atoms with E-state index in [0.29, 0.717) is 23.7 Å². The summed E-state index contributed by atoms with van der Waals surface area (Å²) in [5.74, 6) is 0.461. The van der Waals surface area contributed by atoms with Crippen molar-refractivity contribution in [3.8, 4) is 5.75 Å². The predicted molar refractivity (Wildman–Crippen MR) is 115 cm³/mol. The van der Waals surface area contributed by atoms with Crippen LogP contribution in [0, 0.1) is 0 Å². The number of carbonyl (C=O) groups excluding carboxylic acids is 2. The van der Waals surface area contributed by atoms with Gasteiger partial charge in [-0.25, -0.2) is 0 Å². The zero-order valence-electron chi connectivity index (χ0n) is 17.4. The molecule has 2 aromatic carbocycles. The van der Waals surface area contributed by atoms with Gasteiger partial charge in [-0.05, 0) is 24.6 Å². The van der Waals surface area contributed by atoms with Crippen molar-refractivity contribution in [2.24, 2.45) is 0 Å². The van der Waals surface area contributed by atoms with Crippen molar-refractivity contribution in [1.29, 1.82) is 0 Å². The quantitative estimate of drug-likeness (QED) is 0.586. The molecule has 4 rings (SSSR count). The van der Waals surface area contributed by atoms with Crippen molar-refractivity contribution in [2.75, 3.05) is 25.2 Å². The maximum absolute atomic E-state index is 12.7. The summed E-state index contributed by atoms with van der Waals surface area (Å²) in [5, 5.41) is 18.2. The Bertz CT molecular complexity index is 1020. The minimum atomic E-state index is -0.826. The minimum Gasteiger partial charge on any atom is -0.489 e. The Hall–Kier alpha value is -3.72. The van der Waals surface area contributed by atoms with Crippen LogP contribution in [0.4, 0.5) is 5.69 Å². The smallest absolute Gasteiger partial charge is 0.289 e. The van der Waals surface area contributed by atoms with Gasteiger partial charge in [0.05, 0.1) is 5.69 Å². The third-order valence-corrected chi connectivity index (χ3v) is 4.53. The molecule has 0 aliphatic carbocycles. The van der Waals surface area contributed by atoms with Crippen LogP contribution in [0.3, 0.4) is 0 Å². The molecule has 1 aliphatic heterocycles. The molecule has 1 atom stereocenters. The summed E-state index contributed by atoms with van der Waals surface area (Å²) in [7, 11) is 1.65. The number of H-pyrrole nitrogens is 1. The Morgan fingerprint density at radius 2 is 1.87 bits per heavy atom. The number of nitrogens with one attached hydrogen (secondary N) is 2.